The summed E-state index contributed by atoms with van der Waals surface area (Å²) < 4.78 is 10.7. The van der Waals surface area contributed by atoms with Crippen molar-refractivity contribution in [2.75, 3.05) is 32.8 Å². The molecule has 1 aromatic carbocycles. The molecule has 0 bridgehead atoms. The fourth-order valence-electron chi connectivity index (χ4n) is 3.10. The number of ether oxygens (including phenoxy) is 1. The van der Waals surface area contributed by atoms with Crippen molar-refractivity contribution in [2.45, 2.75) is 26.7 Å². The van der Waals surface area contributed by atoms with Gasteiger partial charge in [0, 0.05) is 44.6 Å². The fraction of sp³-hybridized carbons (Fsp3) is 0.450. The monoisotopic (exact) mass is 371 g/mol. The first-order valence-electron chi connectivity index (χ1n) is 9.29. The van der Waals surface area contributed by atoms with Gasteiger partial charge in [0.2, 0.25) is 11.8 Å². The van der Waals surface area contributed by atoms with E-state index in [9.17, 15) is 9.59 Å². The predicted molar refractivity (Wildman–Crippen MR) is 100 cm³/mol. The summed E-state index contributed by atoms with van der Waals surface area (Å²) in [7, 11) is 0. The molecule has 0 unspecified atom stereocenters. The van der Waals surface area contributed by atoms with E-state index in [0.717, 1.165) is 17.0 Å². The number of oxazole rings is 1. The third-order valence-electron chi connectivity index (χ3n) is 4.65. The van der Waals surface area contributed by atoms with Gasteiger partial charge in [-0.15, -0.1) is 0 Å². The lowest BCUT2D eigenvalue weighted by atomic mass is 10.2. The van der Waals surface area contributed by atoms with Crippen molar-refractivity contribution < 1.29 is 18.7 Å². The van der Waals surface area contributed by atoms with E-state index in [4.69, 9.17) is 9.15 Å². The van der Waals surface area contributed by atoms with Crippen LogP contribution >= 0.6 is 0 Å². The average molecular weight is 371 g/mol. The van der Waals surface area contributed by atoms with Crippen LogP contribution in [0.25, 0.3) is 11.5 Å². The van der Waals surface area contributed by atoms with Gasteiger partial charge in [0.15, 0.2) is 0 Å². The second-order valence-corrected chi connectivity index (χ2v) is 6.45. The van der Waals surface area contributed by atoms with E-state index in [1.807, 2.05) is 37.3 Å². The minimum Gasteiger partial charge on any atom is -0.450 e. The SMILES string of the molecule is CCOC(=O)N1CCN(C(=O)CCc2nc(-c3ccccc3)oc2C)CC1. The molecule has 0 N–H and O–H groups in total. The molecule has 1 aromatic heterocycles. The Labute approximate surface area is 158 Å². The zero-order chi connectivity index (χ0) is 19.2. The number of nitrogens with zero attached hydrogens (tertiary/aromatic N) is 3. The first kappa shape index (κ1) is 18.9. The van der Waals surface area contributed by atoms with E-state index in [1.54, 1.807) is 16.7 Å². The van der Waals surface area contributed by atoms with Crippen LogP contribution in [0.15, 0.2) is 34.7 Å². The lowest BCUT2D eigenvalue weighted by Crippen LogP contribution is -2.50. The van der Waals surface area contributed by atoms with Crippen molar-refractivity contribution >= 4 is 12.0 Å². The Morgan fingerprint density at radius 2 is 1.78 bits per heavy atom. The second kappa shape index (κ2) is 8.70. The lowest BCUT2D eigenvalue weighted by Gasteiger charge is -2.34. The molecule has 1 fully saturated rings. The first-order valence-corrected chi connectivity index (χ1v) is 9.29. The smallest absolute Gasteiger partial charge is 0.409 e. The second-order valence-electron chi connectivity index (χ2n) is 6.45. The molecule has 2 heterocycles. The Bertz CT molecular complexity index is 780. The zero-order valence-corrected chi connectivity index (χ0v) is 15.8. The number of amides is 2. The van der Waals surface area contributed by atoms with Gasteiger partial charge in [0.1, 0.15) is 5.76 Å². The van der Waals surface area contributed by atoms with E-state index in [-0.39, 0.29) is 12.0 Å². The highest BCUT2D eigenvalue weighted by atomic mass is 16.6. The maximum Gasteiger partial charge on any atom is 0.409 e. The number of carbonyl (C=O) groups excluding carboxylic acids is 2. The highest BCUT2D eigenvalue weighted by Crippen LogP contribution is 2.22. The number of hydrogen-bond donors (Lipinski definition) is 0. The zero-order valence-electron chi connectivity index (χ0n) is 15.8. The molecule has 0 saturated carbocycles. The van der Waals surface area contributed by atoms with Gasteiger partial charge in [-0.3, -0.25) is 4.79 Å². The molecule has 1 aliphatic rings. The van der Waals surface area contributed by atoms with Crippen molar-refractivity contribution in [1.29, 1.82) is 0 Å². The molecule has 1 aliphatic heterocycles. The standard InChI is InChI=1S/C20H25N3O4/c1-3-26-20(25)23-13-11-22(12-14-23)18(24)10-9-17-15(2)27-19(21-17)16-7-5-4-6-8-16/h4-8H,3,9-14H2,1-2H3. The summed E-state index contributed by atoms with van der Waals surface area (Å²) in [6, 6.07) is 9.72. The van der Waals surface area contributed by atoms with Gasteiger partial charge in [-0.2, -0.15) is 0 Å². The predicted octanol–water partition coefficient (Wildman–Crippen LogP) is 2.88. The van der Waals surface area contributed by atoms with Crippen molar-refractivity contribution in [3.8, 4) is 11.5 Å². The van der Waals surface area contributed by atoms with Gasteiger partial charge in [0.05, 0.1) is 12.3 Å². The average Bonchev–Trinajstić information content (AvgIpc) is 3.08. The van der Waals surface area contributed by atoms with Crippen LogP contribution in [-0.4, -0.2) is 59.6 Å². The molecule has 144 valence electrons. The topological polar surface area (TPSA) is 75.9 Å². The molecule has 27 heavy (non-hydrogen) atoms. The number of aromatic nitrogens is 1. The van der Waals surface area contributed by atoms with Crippen LogP contribution < -0.4 is 0 Å². The van der Waals surface area contributed by atoms with Gasteiger partial charge in [-0.25, -0.2) is 9.78 Å². The van der Waals surface area contributed by atoms with E-state index in [0.29, 0.717) is 51.5 Å². The minimum atomic E-state index is -0.309. The molecule has 7 nitrogen and oxygen atoms in total. The van der Waals surface area contributed by atoms with Crippen molar-refractivity contribution in [2.24, 2.45) is 0 Å². The maximum atomic E-state index is 12.5. The van der Waals surface area contributed by atoms with Crippen LogP contribution in [0.1, 0.15) is 24.8 Å². The van der Waals surface area contributed by atoms with Crippen molar-refractivity contribution in [3.05, 3.63) is 41.8 Å². The maximum absolute atomic E-state index is 12.5. The third-order valence-corrected chi connectivity index (χ3v) is 4.65. The molecule has 0 aliphatic carbocycles. The Kier molecular flexibility index (Phi) is 6.11. The quantitative estimate of drug-likeness (QED) is 0.808. The van der Waals surface area contributed by atoms with Crippen LogP contribution in [0.3, 0.4) is 0 Å². The molecular formula is C20H25N3O4. The summed E-state index contributed by atoms with van der Waals surface area (Å²) in [5.41, 5.74) is 1.74. The Morgan fingerprint density at radius 1 is 1.11 bits per heavy atom. The number of carbonyl (C=O) groups is 2. The summed E-state index contributed by atoms with van der Waals surface area (Å²) in [5, 5.41) is 0. The van der Waals surface area contributed by atoms with Crippen molar-refractivity contribution in [3.63, 3.8) is 0 Å². The van der Waals surface area contributed by atoms with Crippen LogP contribution in [0.2, 0.25) is 0 Å². The summed E-state index contributed by atoms with van der Waals surface area (Å²) in [4.78, 5) is 32.2. The minimum absolute atomic E-state index is 0.0715. The third kappa shape index (κ3) is 4.67. The number of hydrogen-bond acceptors (Lipinski definition) is 5. The van der Waals surface area contributed by atoms with Crippen molar-refractivity contribution in [1.82, 2.24) is 14.8 Å². The van der Waals surface area contributed by atoms with Crippen LogP contribution in [0.5, 0.6) is 0 Å². The Hall–Kier alpha value is -2.83. The summed E-state index contributed by atoms with van der Waals surface area (Å²) in [6.45, 7) is 6.09. The van der Waals surface area contributed by atoms with E-state index in [2.05, 4.69) is 4.98 Å². The van der Waals surface area contributed by atoms with E-state index >= 15 is 0 Å². The largest absolute Gasteiger partial charge is 0.450 e. The molecule has 2 amide bonds. The molecular weight excluding hydrogens is 346 g/mol. The van der Waals surface area contributed by atoms with Crippen LogP contribution in [0, 0.1) is 6.92 Å². The lowest BCUT2D eigenvalue weighted by molar-refractivity contribution is -0.132. The molecule has 0 radical (unpaired) electrons. The number of benzene rings is 1. The normalized spacial score (nSPS) is 14.3. The molecule has 7 heteroatoms. The van der Waals surface area contributed by atoms with E-state index < -0.39 is 0 Å². The van der Waals surface area contributed by atoms with Gasteiger partial charge in [0.25, 0.3) is 0 Å². The van der Waals surface area contributed by atoms with Gasteiger partial charge in [-0.05, 0) is 26.0 Å². The highest BCUT2D eigenvalue weighted by molar-refractivity contribution is 5.77. The van der Waals surface area contributed by atoms with E-state index in [1.165, 1.54) is 0 Å². The fourth-order valence-corrected chi connectivity index (χ4v) is 3.10. The van der Waals surface area contributed by atoms with Gasteiger partial charge >= 0.3 is 6.09 Å². The Morgan fingerprint density at radius 3 is 2.44 bits per heavy atom. The molecule has 0 atom stereocenters. The molecule has 3 rings (SSSR count). The van der Waals surface area contributed by atoms with Crippen LogP contribution in [-0.2, 0) is 16.0 Å². The molecule has 2 aromatic rings. The van der Waals surface area contributed by atoms with Gasteiger partial charge in [-0.1, -0.05) is 18.2 Å². The van der Waals surface area contributed by atoms with Gasteiger partial charge < -0.3 is 19.0 Å². The summed E-state index contributed by atoms with van der Waals surface area (Å²) in [5.74, 6) is 1.40. The van der Waals surface area contributed by atoms with Crippen LogP contribution in [0.4, 0.5) is 4.79 Å². The Balaban J connectivity index is 1.51. The molecule has 1 saturated heterocycles. The number of rotatable bonds is 5. The summed E-state index contributed by atoms with van der Waals surface area (Å²) in [6.07, 6.45) is 0.608. The first-order chi connectivity index (χ1) is 13.1. The number of piperazine rings is 1. The number of aryl methyl sites for hydroxylation is 2. The molecule has 0 spiro atoms. The highest BCUT2D eigenvalue weighted by Gasteiger charge is 2.25. The summed E-state index contributed by atoms with van der Waals surface area (Å²) >= 11 is 0.